The zero-order chi connectivity index (χ0) is 17.5. The van der Waals surface area contributed by atoms with E-state index in [1.807, 2.05) is 11.4 Å². The van der Waals surface area contributed by atoms with Gasteiger partial charge in [0.25, 0.3) is 5.91 Å². The van der Waals surface area contributed by atoms with Gasteiger partial charge < -0.3 is 14.8 Å². The predicted octanol–water partition coefficient (Wildman–Crippen LogP) is 2.46. The van der Waals surface area contributed by atoms with Crippen LogP contribution in [0.1, 0.15) is 10.9 Å². The van der Waals surface area contributed by atoms with Crippen LogP contribution in [0.4, 0.5) is 4.39 Å². The van der Waals surface area contributed by atoms with E-state index in [9.17, 15) is 9.18 Å². The Balaban J connectivity index is 1.53. The maximum Gasteiger partial charge on any atom is 0.258 e. The first-order chi connectivity index (χ1) is 12.2. The van der Waals surface area contributed by atoms with Crippen LogP contribution in [0.5, 0.6) is 5.75 Å². The van der Waals surface area contributed by atoms with Crippen LogP contribution < -0.4 is 10.1 Å². The zero-order valence-electron chi connectivity index (χ0n) is 13.8. The molecule has 1 aromatic heterocycles. The highest BCUT2D eigenvalue weighted by Crippen LogP contribution is 2.25. The second-order valence-corrected chi connectivity index (χ2v) is 6.68. The van der Waals surface area contributed by atoms with E-state index in [1.165, 1.54) is 17.0 Å². The van der Waals surface area contributed by atoms with Crippen LogP contribution in [0, 0.1) is 5.82 Å². The molecule has 5 nitrogen and oxygen atoms in total. The normalized spacial score (nSPS) is 16.4. The van der Waals surface area contributed by atoms with Gasteiger partial charge in [0.2, 0.25) is 0 Å². The minimum absolute atomic E-state index is 0.0839. The second kappa shape index (κ2) is 8.94. The lowest BCUT2D eigenvalue weighted by atomic mass is 10.2. The van der Waals surface area contributed by atoms with Crippen molar-refractivity contribution in [2.45, 2.75) is 6.04 Å². The average Bonchev–Trinajstić information content (AvgIpc) is 3.16. The number of ether oxygens (including phenoxy) is 2. The summed E-state index contributed by atoms with van der Waals surface area (Å²) < 4.78 is 24.2. The van der Waals surface area contributed by atoms with Gasteiger partial charge >= 0.3 is 0 Å². The molecule has 0 bridgehead atoms. The van der Waals surface area contributed by atoms with Gasteiger partial charge in [0.15, 0.2) is 18.2 Å². The minimum atomic E-state index is -0.472. The number of rotatable bonds is 7. The van der Waals surface area contributed by atoms with Crippen molar-refractivity contribution in [1.82, 2.24) is 10.2 Å². The molecule has 134 valence electrons. The number of nitrogens with zero attached hydrogens (tertiary/aromatic N) is 1. The molecule has 0 unspecified atom stereocenters. The number of para-hydroxylation sites is 1. The molecule has 25 heavy (non-hydrogen) atoms. The highest BCUT2D eigenvalue weighted by Gasteiger charge is 2.24. The van der Waals surface area contributed by atoms with Crippen molar-refractivity contribution in [1.29, 1.82) is 0 Å². The van der Waals surface area contributed by atoms with E-state index in [1.54, 1.807) is 23.5 Å². The van der Waals surface area contributed by atoms with Gasteiger partial charge in [-0.3, -0.25) is 9.69 Å². The molecule has 1 aliphatic rings. The van der Waals surface area contributed by atoms with Gasteiger partial charge in [0, 0.05) is 24.5 Å². The van der Waals surface area contributed by atoms with Crippen molar-refractivity contribution in [3.63, 3.8) is 0 Å². The third-order valence-electron chi connectivity index (χ3n) is 4.05. The molecule has 2 heterocycles. The second-order valence-electron chi connectivity index (χ2n) is 5.70. The molecule has 1 aliphatic heterocycles. The van der Waals surface area contributed by atoms with E-state index in [2.05, 4.69) is 16.3 Å². The molecule has 0 spiro atoms. The first-order valence-corrected chi connectivity index (χ1v) is 9.11. The zero-order valence-corrected chi connectivity index (χ0v) is 14.6. The molecule has 1 atom stereocenters. The Labute approximate surface area is 150 Å². The first-order valence-electron chi connectivity index (χ1n) is 8.23. The fourth-order valence-corrected chi connectivity index (χ4v) is 3.61. The lowest BCUT2D eigenvalue weighted by Gasteiger charge is -2.34. The lowest BCUT2D eigenvalue weighted by molar-refractivity contribution is -0.123. The number of benzene rings is 1. The Morgan fingerprint density at radius 1 is 1.28 bits per heavy atom. The van der Waals surface area contributed by atoms with Gasteiger partial charge in [-0.25, -0.2) is 4.39 Å². The van der Waals surface area contributed by atoms with Crippen LogP contribution in [-0.2, 0) is 9.53 Å². The molecule has 2 aromatic rings. The van der Waals surface area contributed by atoms with Crippen LogP contribution in [0.2, 0.25) is 0 Å². The summed E-state index contributed by atoms with van der Waals surface area (Å²) in [6.45, 7) is 3.36. The summed E-state index contributed by atoms with van der Waals surface area (Å²) in [5, 5.41) is 4.93. The quantitative estimate of drug-likeness (QED) is 0.820. The van der Waals surface area contributed by atoms with Gasteiger partial charge in [-0.05, 0) is 23.6 Å². The van der Waals surface area contributed by atoms with E-state index in [4.69, 9.17) is 9.47 Å². The Morgan fingerprint density at radius 3 is 2.80 bits per heavy atom. The van der Waals surface area contributed by atoms with Crippen molar-refractivity contribution < 1.29 is 18.7 Å². The number of morpholine rings is 1. The highest BCUT2D eigenvalue weighted by molar-refractivity contribution is 7.10. The first kappa shape index (κ1) is 17.8. The molecule has 7 heteroatoms. The maximum absolute atomic E-state index is 13.5. The summed E-state index contributed by atoms with van der Waals surface area (Å²) >= 11 is 1.67. The molecule has 1 N–H and O–H groups in total. The SMILES string of the molecule is O=C(COc1ccccc1F)NC[C@@H](c1cccs1)N1CCOCC1. The van der Waals surface area contributed by atoms with E-state index in [-0.39, 0.29) is 24.3 Å². The molecular formula is C18H21FN2O3S. The van der Waals surface area contributed by atoms with Crippen molar-refractivity contribution in [2.24, 2.45) is 0 Å². The van der Waals surface area contributed by atoms with Gasteiger partial charge in [-0.1, -0.05) is 18.2 Å². The average molecular weight is 364 g/mol. The fourth-order valence-electron chi connectivity index (χ4n) is 2.75. The molecule has 0 radical (unpaired) electrons. The molecule has 1 aromatic carbocycles. The van der Waals surface area contributed by atoms with Crippen LogP contribution in [0.25, 0.3) is 0 Å². The van der Waals surface area contributed by atoms with Gasteiger partial charge in [0.05, 0.1) is 19.3 Å². The number of carbonyl (C=O) groups is 1. The molecule has 0 saturated carbocycles. The van der Waals surface area contributed by atoms with E-state index < -0.39 is 5.82 Å². The number of nitrogens with one attached hydrogen (secondary N) is 1. The van der Waals surface area contributed by atoms with E-state index in [0.717, 1.165) is 13.1 Å². The fraction of sp³-hybridized carbons (Fsp3) is 0.389. The Hall–Kier alpha value is -1.96. The van der Waals surface area contributed by atoms with Crippen LogP contribution in [-0.4, -0.2) is 50.3 Å². The predicted molar refractivity (Wildman–Crippen MR) is 94.4 cm³/mol. The summed E-state index contributed by atoms with van der Waals surface area (Å²) in [6.07, 6.45) is 0. The number of hydrogen-bond donors (Lipinski definition) is 1. The monoisotopic (exact) mass is 364 g/mol. The van der Waals surface area contributed by atoms with Crippen LogP contribution in [0.15, 0.2) is 41.8 Å². The molecular weight excluding hydrogens is 343 g/mol. The maximum atomic E-state index is 13.5. The van der Waals surface area contributed by atoms with Crippen LogP contribution >= 0.6 is 11.3 Å². The van der Waals surface area contributed by atoms with Crippen molar-refractivity contribution in [3.8, 4) is 5.75 Å². The summed E-state index contributed by atoms with van der Waals surface area (Å²) in [4.78, 5) is 15.6. The largest absolute Gasteiger partial charge is 0.481 e. The van der Waals surface area contributed by atoms with Gasteiger partial charge in [0.1, 0.15) is 0 Å². The number of thiophene rings is 1. The Morgan fingerprint density at radius 2 is 2.08 bits per heavy atom. The minimum Gasteiger partial charge on any atom is -0.481 e. The summed E-state index contributed by atoms with van der Waals surface area (Å²) in [5.41, 5.74) is 0. The lowest BCUT2D eigenvalue weighted by Crippen LogP contribution is -2.44. The van der Waals surface area contributed by atoms with E-state index in [0.29, 0.717) is 19.8 Å². The molecule has 1 fully saturated rings. The molecule has 3 rings (SSSR count). The third-order valence-corrected chi connectivity index (χ3v) is 5.02. The summed E-state index contributed by atoms with van der Waals surface area (Å²) in [5.74, 6) is -0.654. The van der Waals surface area contributed by atoms with Crippen molar-refractivity contribution in [2.75, 3.05) is 39.5 Å². The van der Waals surface area contributed by atoms with Crippen molar-refractivity contribution in [3.05, 3.63) is 52.5 Å². The van der Waals surface area contributed by atoms with Gasteiger partial charge in [-0.2, -0.15) is 0 Å². The van der Waals surface area contributed by atoms with E-state index >= 15 is 0 Å². The standard InChI is InChI=1S/C18H21FN2O3S/c19-14-4-1-2-5-16(14)24-13-18(22)20-12-15(17-6-3-11-25-17)21-7-9-23-10-8-21/h1-6,11,15H,7-10,12-13H2,(H,20,22)/t15-/m0/s1. The Bertz CT molecular complexity index is 675. The topological polar surface area (TPSA) is 50.8 Å². The van der Waals surface area contributed by atoms with Crippen molar-refractivity contribution >= 4 is 17.2 Å². The number of halogens is 1. The smallest absolute Gasteiger partial charge is 0.258 e. The molecule has 1 saturated heterocycles. The summed E-state index contributed by atoms with van der Waals surface area (Å²) in [6, 6.07) is 10.3. The molecule has 0 aliphatic carbocycles. The molecule has 1 amide bonds. The number of hydrogen-bond acceptors (Lipinski definition) is 5. The summed E-state index contributed by atoms with van der Waals surface area (Å²) in [7, 11) is 0. The van der Waals surface area contributed by atoms with Gasteiger partial charge in [-0.15, -0.1) is 11.3 Å². The Kier molecular flexibility index (Phi) is 6.38. The number of amides is 1. The highest BCUT2D eigenvalue weighted by atomic mass is 32.1. The van der Waals surface area contributed by atoms with Crippen LogP contribution in [0.3, 0.4) is 0 Å². The third kappa shape index (κ3) is 5.01. The number of carbonyl (C=O) groups excluding carboxylic acids is 1.